The molecule has 0 saturated heterocycles. The van der Waals surface area contributed by atoms with Crippen molar-refractivity contribution >= 4 is 11.6 Å². The Morgan fingerprint density at radius 1 is 1.31 bits per heavy atom. The fraction of sp³-hybridized carbons (Fsp3) is 0.444. The molecule has 8 heteroatoms. The van der Waals surface area contributed by atoms with Crippen LogP contribution in [0.1, 0.15) is 53.5 Å². The summed E-state index contributed by atoms with van der Waals surface area (Å²) in [5.41, 5.74) is 1.15. The Balaban J connectivity index is 1.89. The van der Waals surface area contributed by atoms with Gasteiger partial charge >= 0.3 is 6.18 Å². The highest BCUT2D eigenvalue weighted by Crippen LogP contribution is 2.35. The van der Waals surface area contributed by atoms with Gasteiger partial charge in [0.05, 0.1) is 17.9 Å². The van der Waals surface area contributed by atoms with E-state index in [1.165, 1.54) is 6.07 Å². The lowest BCUT2D eigenvalue weighted by molar-refractivity contribution is -0.137. The van der Waals surface area contributed by atoms with E-state index >= 15 is 0 Å². The van der Waals surface area contributed by atoms with Crippen LogP contribution in [0, 0.1) is 0 Å². The summed E-state index contributed by atoms with van der Waals surface area (Å²) in [7, 11) is 0. The van der Waals surface area contributed by atoms with E-state index in [1.807, 2.05) is 6.92 Å². The van der Waals surface area contributed by atoms with Crippen molar-refractivity contribution in [1.82, 2.24) is 10.2 Å². The van der Waals surface area contributed by atoms with Crippen molar-refractivity contribution in [3.05, 3.63) is 40.7 Å². The van der Waals surface area contributed by atoms with Crippen molar-refractivity contribution < 1.29 is 22.7 Å². The normalized spacial score (nSPS) is 14.0. The number of hydrogen-bond acceptors (Lipinski definition) is 3. The van der Waals surface area contributed by atoms with Crippen LogP contribution in [0.15, 0.2) is 18.2 Å². The molecule has 0 fully saturated rings. The van der Waals surface area contributed by atoms with Crippen LogP contribution in [0.3, 0.4) is 0 Å². The molecule has 2 N–H and O–H groups in total. The fourth-order valence-electron chi connectivity index (χ4n) is 2.99. The van der Waals surface area contributed by atoms with E-state index in [-0.39, 0.29) is 17.1 Å². The average molecular weight is 367 g/mol. The lowest BCUT2D eigenvalue weighted by Gasteiger charge is -2.15. The Morgan fingerprint density at radius 2 is 2.08 bits per heavy atom. The molecule has 0 unspecified atom stereocenters. The Morgan fingerprint density at radius 3 is 2.81 bits per heavy atom. The van der Waals surface area contributed by atoms with Crippen molar-refractivity contribution in [2.75, 3.05) is 11.9 Å². The first kappa shape index (κ1) is 18.3. The monoisotopic (exact) mass is 367 g/mol. The van der Waals surface area contributed by atoms with Crippen molar-refractivity contribution in [3.63, 3.8) is 0 Å². The molecule has 0 bridgehead atoms. The van der Waals surface area contributed by atoms with Gasteiger partial charge in [-0.05, 0) is 50.3 Å². The van der Waals surface area contributed by atoms with Crippen LogP contribution < -0.4 is 10.1 Å². The van der Waals surface area contributed by atoms with Gasteiger partial charge in [-0.3, -0.25) is 9.89 Å². The lowest BCUT2D eigenvalue weighted by Crippen LogP contribution is -2.17. The predicted octanol–water partition coefficient (Wildman–Crippen LogP) is 4.35. The Hall–Kier alpha value is -2.51. The second-order valence-corrected chi connectivity index (χ2v) is 6.25. The summed E-state index contributed by atoms with van der Waals surface area (Å²) in [4.78, 5) is 12.6. The summed E-state index contributed by atoms with van der Waals surface area (Å²) in [6.07, 6.45) is -0.268. The molecule has 1 aliphatic rings. The van der Waals surface area contributed by atoms with Crippen LogP contribution in [0.2, 0.25) is 0 Å². The minimum absolute atomic E-state index is 0.00849. The summed E-state index contributed by atoms with van der Waals surface area (Å²) < 4.78 is 44.5. The third-order valence-electron chi connectivity index (χ3n) is 4.29. The van der Waals surface area contributed by atoms with E-state index in [0.717, 1.165) is 49.1 Å². The number of H-pyrrole nitrogens is 1. The van der Waals surface area contributed by atoms with E-state index < -0.39 is 17.6 Å². The van der Waals surface area contributed by atoms with Crippen molar-refractivity contribution in [2.24, 2.45) is 0 Å². The maximum atomic E-state index is 13.0. The zero-order chi connectivity index (χ0) is 18.7. The number of aromatic nitrogens is 2. The van der Waals surface area contributed by atoms with Gasteiger partial charge in [-0.1, -0.05) is 6.92 Å². The summed E-state index contributed by atoms with van der Waals surface area (Å²) in [5.74, 6) is -0.331. The van der Waals surface area contributed by atoms with Crippen LogP contribution in [0.4, 0.5) is 18.9 Å². The van der Waals surface area contributed by atoms with Crippen LogP contribution in [0.25, 0.3) is 0 Å². The molecular formula is C18H20F3N3O2. The molecular weight excluding hydrogens is 347 g/mol. The molecule has 1 aromatic heterocycles. The number of aryl methyl sites for hydroxylation is 1. The average Bonchev–Trinajstić information content (AvgIpc) is 3.04. The number of nitrogens with zero attached hydrogens (tertiary/aromatic N) is 1. The first-order chi connectivity index (χ1) is 12.4. The number of anilines is 1. The molecule has 0 radical (unpaired) electrons. The van der Waals surface area contributed by atoms with Crippen molar-refractivity contribution in [3.8, 4) is 5.75 Å². The third-order valence-corrected chi connectivity index (χ3v) is 4.29. The summed E-state index contributed by atoms with van der Waals surface area (Å²) in [6, 6.07) is 3.06. The molecule has 26 heavy (non-hydrogen) atoms. The highest BCUT2D eigenvalue weighted by Gasteiger charge is 2.32. The molecule has 0 saturated carbocycles. The molecule has 140 valence electrons. The van der Waals surface area contributed by atoms with Crippen LogP contribution >= 0.6 is 0 Å². The molecule has 1 heterocycles. The number of halogens is 3. The molecule has 1 aliphatic carbocycles. The standard InChI is InChI=1S/C18H20F3N3O2/c1-2-9-26-15-8-7-11(18(19,20)21)10-14(15)22-17(25)16-12-5-3-4-6-13(12)23-24-16/h7-8,10H,2-6,9H2,1H3,(H,22,25)(H,23,24). The molecule has 1 aromatic carbocycles. The molecule has 0 spiro atoms. The van der Waals surface area contributed by atoms with Gasteiger partial charge in [-0.25, -0.2) is 0 Å². The van der Waals surface area contributed by atoms with Gasteiger partial charge in [-0.2, -0.15) is 18.3 Å². The maximum absolute atomic E-state index is 13.0. The summed E-state index contributed by atoms with van der Waals surface area (Å²) in [6.45, 7) is 2.23. The first-order valence-electron chi connectivity index (χ1n) is 8.61. The van der Waals surface area contributed by atoms with E-state index in [2.05, 4.69) is 15.5 Å². The summed E-state index contributed by atoms with van der Waals surface area (Å²) in [5, 5.41) is 9.45. The van der Waals surface area contributed by atoms with Crippen molar-refractivity contribution in [2.45, 2.75) is 45.2 Å². The van der Waals surface area contributed by atoms with E-state index in [0.29, 0.717) is 13.0 Å². The van der Waals surface area contributed by atoms with E-state index in [9.17, 15) is 18.0 Å². The molecule has 1 amide bonds. The predicted molar refractivity (Wildman–Crippen MR) is 90.4 cm³/mol. The smallest absolute Gasteiger partial charge is 0.416 e. The quantitative estimate of drug-likeness (QED) is 0.826. The zero-order valence-electron chi connectivity index (χ0n) is 14.4. The number of rotatable bonds is 5. The number of hydrogen-bond donors (Lipinski definition) is 2. The number of aromatic amines is 1. The summed E-state index contributed by atoms with van der Waals surface area (Å²) >= 11 is 0. The largest absolute Gasteiger partial charge is 0.491 e. The van der Waals surface area contributed by atoms with Gasteiger partial charge in [0.2, 0.25) is 0 Å². The van der Waals surface area contributed by atoms with E-state index in [1.54, 1.807) is 0 Å². The SMILES string of the molecule is CCCOc1ccc(C(F)(F)F)cc1NC(=O)c1n[nH]c2c1CCCC2. The second kappa shape index (κ2) is 7.39. The van der Waals surface area contributed by atoms with Crippen LogP contribution in [-0.4, -0.2) is 22.7 Å². The third kappa shape index (κ3) is 3.84. The highest BCUT2D eigenvalue weighted by atomic mass is 19.4. The molecule has 5 nitrogen and oxygen atoms in total. The number of amides is 1. The Bertz CT molecular complexity index is 799. The zero-order valence-corrected chi connectivity index (χ0v) is 14.4. The van der Waals surface area contributed by atoms with E-state index in [4.69, 9.17) is 4.74 Å². The van der Waals surface area contributed by atoms with Crippen molar-refractivity contribution in [1.29, 1.82) is 0 Å². The van der Waals surface area contributed by atoms with Gasteiger partial charge in [0.15, 0.2) is 5.69 Å². The maximum Gasteiger partial charge on any atom is 0.416 e. The highest BCUT2D eigenvalue weighted by molar-refractivity contribution is 6.04. The number of nitrogens with one attached hydrogen (secondary N) is 2. The number of ether oxygens (including phenoxy) is 1. The van der Waals surface area contributed by atoms with Crippen LogP contribution in [-0.2, 0) is 19.0 Å². The molecule has 0 aliphatic heterocycles. The first-order valence-corrected chi connectivity index (χ1v) is 8.61. The number of carbonyl (C=O) groups excluding carboxylic acids is 1. The molecule has 3 rings (SSSR count). The van der Waals surface area contributed by atoms with Gasteiger partial charge in [0.1, 0.15) is 5.75 Å². The molecule has 2 aromatic rings. The van der Waals surface area contributed by atoms with Gasteiger partial charge in [0, 0.05) is 11.3 Å². The lowest BCUT2D eigenvalue weighted by atomic mass is 9.96. The Kier molecular flexibility index (Phi) is 5.20. The van der Waals surface area contributed by atoms with Crippen LogP contribution in [0.5, 0.6) is 5.75 Å². The minimum atomic E-state index is -4.51. The Labute approximate surface area is 148 Å². The fourth-order valence-corrected chi connectivity index (χ4v) is 2.99. The number of benzene rings is 1. The minimum Gasteiger partial charge on any atom is -0.491 e. The number of carbonyl (C=O) groups is 1. The van der Waals surface area contributed by atoms with Gasteiger partial charge in [0.25, 0.3) is 5.91 Å². The number of alkyl halides is 3. The topological polar surface area (TPSA) is 67.0 Å². The second-order valence-electron chi connectivity index (χ2n) is 6.25. The number of fused-ring (bicyclic) bond motifs is 1. The van der Waals surface area contributed by atoms with Gasteiger partial charge < -0.3 is 10.1 Å². The molecule has 0 atom stereocenters. The van der Waals surface area contributed by atoms with Gasteiger partial charge in [-0.15, -0.1) is 0 Å².